The van der Waals surface area contributed by atoms with Gasteiger partial charge in [-0.2, -0.15) is 0 Å². The zero-order valence-corrected chi connectivity index (χ0v) is 15.0. The third-order valence-corrected chi connectivity index (χ3v) is 3.54. The third-order valence-electron chi connectivity index (χ3n) is 2.92. The third kappa shape index (κ3) is 5.25. The predicted octanol–water partition coefficient (Wildman–Crippen LogP) is 3.19. The zero-order chi connectivity index (χ0) is 18.3. The lowest BCUT2D eigenvalue weighted by Crippen LogP contribution is -2.19. The van der Waals surface area contributed by atoms with Crippen molar-refractivity contribution in [3.05, 3.63) is 39.5 Å². The molecule has 0 radical (unpaired) electrons. The summed E-state index contributed by atoms with van der Waals surface area (Å²) in [6, 6.07) is 2.89. The molecule has 1 aromatic carbocycles. The minimum atomic E-state index is -0.735. The molecule has 0 unspecified atom stereocenters. The highest BCUT2D eigenvalue weighted by atomic mass is 35.5. The summed E-state index contributed by atoms with van der Waals surface area (Å²) < 4.78 is 4.95. The predicted molar refractivity (Wildman–Crippen MR) is 93.5 cm³/mol. The maximum Gasteiger partial charge on any atom is 0.343 e. The molecule has 0 saturated heterocycles. The monoisotopic (exact) mass is 372 g/mol. The van der Waals surface area contributed by atoms with Gasteiger partial charge in [0.15, 0.2) is 5.78 Å². The molecule has 24 heavy (non-hydrogen) atoms. The Balaban J connectivity index is 3.14. The van der Waals surface area contributed by atoms with Crippen molar-refractivity contribution in [2.75, 3.05) is 19.0 Å². The summed E-state index contributed by atoms with van der Waals surface area (Å²) in [5.74, 6) is -1.61. The number of carbonyl (C=O) groups excluding carboxylic acids is 3. The van der Waals surface area contributed by atoms with E-state index in [1.807, 2.05) is 6.92 Å². The van der Waals surface area contributed by atoms with Crippen LogP contribution in [0.2, 0.25) is 10.0 Å². The lowest BCUT2D eigenvalue weighted by molar-refractivity contribution is -0.140. The second-order valence-corrected chi connectivity index (χ2v) is 5.60. The van der Waals surface area contributed by atoms with E-state index in [0.29, 0.717) is 6.42 Å². The SMILES string of the molecule is CCCOC(=O)C(=CNc1cc(Cl)cc(C(=O)NC)c1Cl)C(C)=O. The number of hydrogen-bond acceptors (Lipinski definition) is 5. The summed E-state index contributed by atoms with van der Waals surface area (Å²) in [4.78, 5) is 35.3. The quantitative estimate of drug-likeness (QED) is 0.332. The number of amides is 1. The molecule has 0 heterocycles. The van der Waals surface area contributed by atoms with Gasteiger partial charge in [0.05, 0.1) is 22.9 Å². The standard InChI is InChI=1S/C16H18Cl2N2O4/c1-4-5-24-16(23)12(9(2)21)8-20-13-7-10(17)6-11(14(13)18)15(22)19-3/h6-8,20H,4-5H2,1-3H3,(H,19,22). The van der Waals surface area contributed by atoms with Crippen LogP contribution in [-0.2, 0) is 14.3 Å². The largest absolute Gasteiger partial charge is 0.462 e. The second kappa shape index (κ2) is 9.30. The van der Waals surface area contributed by atoms with Crippen LogP contribution in [0.25, 0.3) is 0 Å². The van der Waals surface area contributed by atoms with E-state index >= 15 is 0 Å². The van der Waals surface area contributed by atoms with Crippen LogP contribution in [0, 0.1) is 0 Å². The molecule has 0 saturated carbocycles. The van der Waals surface area contributed by atoms with Crippen LogP contribution in [-0.4, -0.2) is 31.3 Å². The average Bonchev–Trinajstić information content (AvgIpc) is 2.54. The smallest absolute Gasteiger partial charge is 0.343 e. The van der Waals surface area contributed by atoms with Gasteiger partial charge in [0, 0.05) is 18.3 Å². The Morgan fingerprint density at radius 3 is 2.46 bits per heavy atom. The first kappa shape index (κ1) is 20.0. The molecule has 130 valence electrons. The molecular formula is C16H18Cl2N2O4. The molecule has 0 atom stereocenters. The van der Waals surface area contributed by atoms with Gasteiger partial charge in [-0.25, -0.2) is 4.79 Å². The van der Waals surface area contributed by atoms with Gasteiger partial charge < -0.3 is 15.4 Å². The van der Waals surface area contributed by atoms with Crippen LogP contribution >= 0.6 is 23.2 Å². The first-order valence-electron chi connectivity index (χ1n) is 7.17. The molecule has 0 bridgehead atoms. The fourth-order valence-corrected chi connectivity index (χ4v) is 2.19. The van der Waals surface area contributed by atoms with Crippen LogP contribution in [0.15, 0.2) is 23.9 Å². The number of nitrogens with one attached hydrogen (secondary N) is 2. The van der Waals surface area contributed by atoms with Crippen LogP contribution in [0.4, 0.5) is 5.69 Å². The Morgan fingerprint density at radius 2 is 1.92 bits per heavy atom. The summed E-state index contributed by atoms with van der Waals surface area (Å²) in [6.45, 7) is 3.30. The van der Waals surface area contributed by atoms with Crippen molar-refractivity contribution in [2.24, 2.45) is 0 Å². The van der Waals surface area contributed by atoms with Crippen molar-refractivity contribution in [3.63, 3.8) is 0 Å². The van der Waals surface area contributed by atoms with Crippen molar-refractivity contribution in [1.82, 2.24) is 5.32 Å². The molecule has 0 aromatic heterocycles. The minimum Gasteiger partial charge on any atom is -0.462 e. The Hall–Kier alpha value is -2.05. The second-order valence-electron chi connectivity index (χ2n) is 4.79. The van der Waals surface area contributed by atoms with E-state index < -0.39 is 17.7 Å². The average molecular weight is 373 g/mol. The lowest BCUT2D eigenvalue weighted by atomic mass is 10.1. The normalized spacial score (nSPS) is 11.0. The Bertz CT molecular complexity index is 687. The summed E-state index contributed by atoms with van der Waals surface area (Å²) >= 11 is 12.1. The fraction of sp³-hybridized carbons (Fsp3) is 0.312. The van der Waals surface area contributed by atoms with Crippen molar-refractivity contribution < 1.29 is 19.1 Å². The van der Waals surface area contributed by atoms with Gasteiger partial charge in [0.2, 0.25) is 0 Å². The summed E-state index contributed by atoms with van der Waals surface area (Å²) in [7, 11) is 1.46. The number of hydrogen-bond donors (Lipinski definition) is 2. The number of Topliss-reactive ketones (excluding diaryl/α,β-unsaturated/α-hetero) is 1. The molecule has 0 aliphatic heterocycles. The van der Waals surface area contributed by atoms with Crippen LogP contribution in [0.1, 0.15) is 30.6 Å². The van der Waals surface area contributed by atoms with Gasteiger partial charge in [-0.15, -0.1) is 0 Å². The number of carbonyl (C=O) groups is 3. The molecule has 0 fully saturated rings. The van der Waals surface area contributed by atoms with E-state index in [-0.39, 0.29) is 33.5 Å². The number of esters is 1. The molecule has 8 heteroatoms. The molecule has 0 aliphatic rings. The topological polar surface area (TPSA) is 84.5 Å². The van der Waals surface area contributed by atoms with Crippen LogP contribution < -0.4 is 10.6 Å². The summed E-state index contributed by atoms with van der Waals surface area (Å²) in [5.41, 5.74) is 0.284. The summed E-state index contributed by atoms with van der Waals surface area (Å²) in [6.07, 6.45) is 1.82. The molecule has 1 amide bonds. The molecule has 1 aromatic rings. The first-order valence-corrected chi connectivity index (χ1v) is 7.93. The zero-order valence-electron chi connectivity index (χ0n) is 13.5. The Labute approximate surface area is 150 Å². The minimum absolute atomic E-state index is 0.111. The Kier molecular flexibility index (Phi) is 7.74. The number of rotatable bonds is 7. The van der Waals surface area contributed by atoms with Crippen LogP contribution in [0.3, 0.4) is 0 Å². The number of ketones is 1. The van der Waals surface area contributed by atoms with E-state index in [9.17, 15) is 14.4 Å². The van der Waals surface area contributed by atoms with E-state index in [2.05, 4.69) is 10.6 Å². The molecule has 0 aliphatic carbocycles. The number of halogens is 2. The highest BCUT2D eigenvalue weighted by Gasteiger charge is 2.17. The van der Waals surface area contributed by atoms with Gasteiger partial charge >= 0.3 is 5.97 Å². The number of anilines is 1. The first-order chi connectivity index (χ1) is 11.3. The van der Waals surface area contributed by atoms with Gasteiger partial charge in [0.1, 0.15) is 5.57 Å². The van der Waals surface area contributed by atoms with Gasteiger partial charge in [-0.05, 0) is 25.5 Å². The van der Waals surface area contributed by atoms with E-state index in [1.165, 1.54) is 32.3 Å². The van der Waals surface area contributed by atoms with Gasteiger partial charge in [-0.1, -0.05) is 30.1 Å². The van der Waals surface area contributed by atoms with Crippen molar-refractivity contribution in [3.8, 4) is 0 Å². The fourth-order valence-electron chi connectivity index (χ4n) is 1.72. The van der Waals surface area contributed by atoms with E-state index in [1.54, 1.807) is 0 Å². The van der Waals surface area contributed by atoms with Crippen LogP contribution in [0.5, 0.6) is 0 Å². The van der Waals surface area contributed by atoms with E-state index in [0.717, 1.165) is 0 Å². The maximum absolute atomic E-state index is 11.9. The maximum atomic E-state index is 11.9. The van der Waals surface area contributed by atoms with Gasteiger partial charge in [-0.3, -0.25) is 9.59 Å². The molecule has 0 spiro atoms. The molecule has 1 rings (SSSR count). The number of benzene rings is 1. The van der Waals surface area contributed by atoms with Gasteiger partial charge in [0.25, 0.3) is 5.91 Å². The molecular weight excluding hydrogens is 355 g/mol. The molecule has 6 nitrogen and oxygen atoms in total. The van der Waals surface area contributed by atoms with Crippen molar-refractivity contribution in [2.45, 2.75) is 20.3 Å². The van der Waals surface area contributed by atoms with Crippen molar-refractivity contribution in [1.29, 1.82) is 0 Å². The highest BCUT2D eigenvalue weighted by molar-refractivity contribution is 6.38. The van der Waals surface area contributed by atoms with Crippen molar-refractivity contribution >= 4 is 46.5 Å². The highest BCUT2D eigenvalue weighted by Crippen LogP contribution is 2.30. The Morgan fingerprint density at radius 1 is 1.25 bits per heavy atom. The lowest BCUT2D eigenvalue weighted by Gasteiger charge is -2.11. The molecule has 2 N–H and O–H groups in total. The van der Waals surface area contributed by atoms with E-state index in [4.69, 9.17) is 27.9 Å². The summed E-state index contributed by atoms with van der Waals surface area (Å²) in [5, 5.41) is 5.56. The number of ether oxygens (including phenoxy) is 1.